The van der Waals surface area contributed by atoms with Gasteiger partial charge in [0.25, 0.3) is 0 Å². The SMILES string of the molecule is CCC1=CC2C(=O)C(c3ccc(F)cc3)=COC2C=C1OC. The molecule has 1 aromatic rings. The molecule has 114 valence electrons. The number of benzene rings is 1. The van der Waals surface area contributed by atoms with Crippen molar-refractivity contribution in [3.8, 4) is 0 Å². The molecule has 1 heterocycles. The summed E-state index contributed by atoms with van der Waals surface area (Å²) in [5.74, 6) is 0.0548. The van der Waals surface area contributed by atoms with Crippen LogP contribution in [0.3, 0.4) is 0 Å². The monoisotopic (exact) mass is 300 g/mol. The van der Waals surface area contributed by atoms with Crippen LogP contribution in [-0.2, 0) is 14.3 Å². The molecule has 0 fully saturated rings. The first-order chi connectivity index (χ1) is 10.6. The lowest BCUT2D eigenvalue weighted by Gasteiger charge is -2.31. The Labute approximate surface area is 128 Å². The predicted octanol–water partition coefficient (Wildman–Crippen LogP) is 3.63. The minimum atomic E-state index is -0.362. The van der Waals surface area contributed by atoms with Gasteiger partial charge < -0.3 is 9.47 Å². The number of hydrogen-bond donors (Lipinski definition) is 0. The van der Waals surface area contributed by atoms with Crippen LogP contribution in [0, 0.1) is 11.7 Å². The molecule has 1 aliphatic carbocycles. The Bertz CT molecular complexity index is 683. The van der Waals surface area contributed by atoms with Gasteiger partial charge in [0.05, 0.1) is 24.9 Å². The highest BCUT2D eigenvalue weighted by Crippen LogP contribution is 2.35. The van der Waals surface area contributed by atoms with Crippen LogP contribution in [0.25, 0.3) is 5.57 Å². The summed E-state index contributed by atoms with van der Waals surface area (Å²) in [6.45, 7) is 2.02. The third kappa shape index (κ3) is 2.45. The van der Waals surface area contributed by atoms with Gasteiger partial charge >= 0.3 is 0 Å². The van der Waals surface area contributed by atoms with Gasteiger partial charge in [0.15, 0.2) is 5.78 Å². The van der Waals surface area contributed by atoms with Crippen LogP contribution in [0.2, 0.25) is 0 Å². The molecule has 0 saturated heterocycles. The van der Waals surface area contributed by atoms with Gasteiger partial charge in [0, 0.05) is 0 Å². The van der Waals surface area contributed by atoms with Gasteiger partial charge in [0.2, 0.25) is 0 Å². The third-order valence-electron chi connectivity index (χ3n) is 4.03. The van der Waals surface area contributed by atoms with E-state index < -0.39 is 0 Å². The standard InChI is InChI=1S/C18H17FO3/c1-3-11-8-14-17(9-16(11)21-2)22-10-15(18(14)20)12-4-6-13(19)7-5-12/h4-10,14,17H,3H2,1-2H3. The summed E-state index contributed by atoms with van der Waals surface area (Å²) >= 11 is 0. The summed E-state index contributed by atoms with van der Waals surface area (Å²) in [7, 11) is 1.61. The molecule has 0 saturated carbocycles. The highest BCUT2D eigenvalue weighted by Gasteiger charge is 2.36. The summed E-state index contributed by atoms with van der Waals surface area (Å²) in [5, 5.41) is 0. The molecule has 3 nitrogen and oxygen atoms in total. The van der Waals surface area contributed by atoms with Crippen LogP contribution in [0.1, 0.15) is 18.9 Å². The molecule has 22 heavy (non-hydrogen) atoms. The van der Waals surface area contributed by atoms with E-state index in [4.69, 9.17) is 9.47 Å². The Morgan fingerprint density at radius 3 is 2.59 bits per heavy atom. The average molecular weight is 300 g/mol. The molecule has 3 rings (SSSR count). The van der Waals surface area contributed by atoms with Crippen LogP contribution in [0.5, 0.6) is 0 Å². The summed E-state index contributed by atoms with van der Waals surface area (Å²) < 4.78 is 24.1. The van der Waals surface area contributed by atoms with Crippen molar-refractivity contribution in [1.29, 1.82) is 0 Å². The summed E-state index contributed by atoms with van der Waals surface area (Å²) in [5.41, 5.74) is 2.14. The number of Topliss-reactive ketones (excluding diaryl/α,β-unsaturated/α-hetero) is 1. The van der Waals surface area contributed by atoms with E-state index in [0.717, 1.165) is 17.8 Å². The summed E-state index contributed by atoms with van der Waals surface area (Å²) in [6.07, 6.45) is 5.67. The van der Waals surface area contributed by atoms with E-state index in [1.54, 1.807) is 19.2 Å². The van der Waals surface area contributed by atoms with Gasteiger partial charge in [-0.1, -0.05) is 25.1 Å². The number of fused-ring (bicyclic) bond motifs is 1. The molecule has 2 atom stereocenters. The zero-order valence-electron chi connectivity index (χ0n) is 12.5. The van der Waals surface area contributed by atoms with E-state index in [2.05, 4.69) is 0 Å². The number of allylic oxidation sites excluding steroid dienone is 2. The fourth-order valence-electron chi connectivity index (χ4n) is 2.82. The zero-order valence-corrected chi connectivity index (χ0v) is 12.5. The molecule has 0 bridgehead atoms. The maximum Gasteiger partial charge on any atom is 0.177 e. The average Bonchev–Trinajstić information content (AvgIpc) is 2.55. The van der Waals surface area contributed by atoms with E-state index >= 15 is 0 Å². The second kappa shape index (κ2) is 5.79. The van der Waals surface area contributed by atoms with E-state index in [1.807, 2.05) is 19.1 Å². The third-order valence-corrected chi connectivity index (χ3v) is 4.03. The molecule has 0 aromatic heterocycles. The van der Waals surface area contributed by atoms with Crippen LogP contribution in [-0.4, -0.2) is 19.0 Å². The Morgan fingerprint density at radius 2 is 1.95 bits per heavy atom. The molecule has 1 aromatic carbocycles. The van der Waals surface area contributed by atoms with Crippen LogP contribution >= 0.6 is 0 Å². The van der Waals surface area contributed by atoms with Gasteiger partial charge in [-0.05, 0) is 35.8 Å². The molecule has 2 aliphatic rings. The number of methoxy groups -OCH3 is 1. The maximum absolute atomic E-state index is 13.0. The Hall–Kier alpha value is -2.36. The summed E-state index contributed by atoms with van der Waals surface area (Å²) in [4.78, 5) is 12.7. The highest BCUT2D eigenvalue weighted by molar-refractivity contribution is 6.23. The van der Waals surface area contributed by atoms with Gasteiger partial charge in [0.1, 0.15) is 17.7 Å². The number of carbonyl (C=O) groups excluding carboxylic acids is 1. The lowest BCUT2D eigenvalue weighted by Crippen LogP contribution is -2.34. The normalized spacial score (nSPS) is 23.8. The van der Waals surface area contributed by atoms with Gasteiger partial charge in [-0.15, -0.1) is 0 Å². The van der Waals surface area contributed by atoms with E-state index in [0.29, 0.717) is 11.1 Å². The fraction of sp³-hybridized carbons (Fsp3) is 0.278. The van der Waals surface area contributed by atoms with Gasteiger partial charge in [-0.2, -0.15) is 0 Å². The lowest BCUT2D eigenvalue weighted by atomic mass is 9.82. The predicted molar refractivity (Wildman–Crippen MR) is 81.2 cm³/mol. The van der Waals surface area contributed by atoms with Gasteiger partial charge in [-0.25, -0.2) is 4.39 Å². The first-order valence-corrected chi connectivity index (χ1v) is 7.26. The summed E-state index contributed by atoms with van der Waals surface area (Å²) in [6, 6.07) is 5.86. The van der Waals surface area contributed by atoms with Crippen molar-refractivity contribution < 1.29 is 18.7 Å². The molecule has 4 heteroatoms. The molecule has 0 radical (unpaired) electrons. The zero-order chi connectivity index (χ0) is 15.7. The maximum atomic E-state index is 13.0. The number of halogens is 1. The second-order valence-corrected chi connectivity index (χ2v) is 5.31. The van der Waals surface area contributed by atoms with E-state index in [1.165, 1.54) is 18.4 Å². The lowest BCUT2D eigenvalue weighted by molar-refractivity contribution is -0.119. The van der Waals surface area contributed by atoms with Crippen molar-refractivity contribution in [2.75, 3.05) is 7.11 Å². The molecule has 1 aliphatic heterocycles. The minimum Gasteiger partial charge on any atom is -0.497 e. The molecule has 0 spiro atoms. The first kappa shape index (κ1) is 14.6. The van der Waals surface area contributed by atoms with Crippen molar-refractivity contribution in [1.82, 2.24) is 0 Å². The Morgan fingerprint density at radius 1 is 1.23 bits per heavy atom. The van der Waals surface area contributed by atoms with Crippen molar-refractivity contribution >= 4 is 11.4 Å². The largest absolute Gasteiger partial charge is 0.497 e. The van der Waals surface area contributed by atoms with Crippen LogP contribution < -0.4 is 0 Å². The molecular weight excluding hydrogens is 283 g/mol. The van der Waals surface area contributed by atoms with Crippen molar-refractivity contribution in [2.24, 2.45) is 5.92 Å². The number of ketones is 1. The number of rotatable bonds is 3. The highest BCUT2D eigenvalue weighted by atomic mass is 19.1. The Balaban J connectivity index is 1.95. The van der Waals surface area contributed by atoms with Gasteiger partial charge in [-0.3, -0.25) is 4.79 Å². The molecular formula is C18H17FO3. The fourth-order valence-corrected chi connectivity index (χ4v) is 2.82. The smallest absolute Gasteiger partial charge is 0.177 e. The Kier molecular flexibility index (Phi) is 3.84. The van der Waals surface area contributed by atoms with Crippen LogP contribution in [0.15, 0.2) is 54.0 Å². The molecule has 0 amide bonds. The van der Waals surface area contributed by atoms with Crippen molar-refractivity contribution in [3.63, 3.8) is 0 Å². The quantitative estimate of drug-likeness (QED) is 0.855. The van der Waals surface area contributed by atoms with Crippen molar-refractivity contribution in [2.45, 2.75) is 19.4 Å². The molecule has 2 unspecified atom stereocenters. The second-order valence-electron chi connectivity index (χ2n) is 5.31. The van der Waals surface area contributed by atoms with E-state index in [-0.39, 0.29) is 23.6 Å². The number of ether oxygens (including phenoxy) is 2. The molecule has 0 N–H and O–H groups in total. The first-order valence-electron chi connectivity index (χ1n) is 7.26. The number of hydrogen-bond acceptors (Lipinski definition) is 3. The van der Waals surface area contributed by atoms with Crippen molar-refractivity contribution in [3.05, 3.63) is 65.4 Å². The minimum absolute atomic E-state index is 0.0137. The number of carbonyl (C=O) groups is 1. The van der Waals surface area contributed by atoms with E-state index in [9.17, 15) is 9.18 Å². The van der Waals surface area contributed by atoms with Crippen LogP contribution in [0.4, 0.5) is 4.39 Å². The topological polar surface area (TPSA) is 35.5 Å².